The molecule has 0 aliphatic rings. The first-order chi connectivity index (χ1) is 10.5. The van der Waals surface area contributed by atoms with Crippen LogP contribution in [-0.2, 0) is 9.53 Å². The van der Waals surface area contributed by atoms with Crippen molar-refractivity contribution in [2.75, 3.05) is 19.0 Å². The molecule has 2 aromatic rings. The molecule has 1 heterocycles. The molecule has 0 aliphatic heterocycles. The molecule has 1 aromatic heterocycles. The molecule has 2 rings (SSSR count). The van der Waals surface area contributed by atoms with E-state index in [1.165, 1.54) is 7.11 Å². The monoisotopic (exact) mass is 432 g/mol. The van der Waals surface area contributed by atoms with Crippen molar-refractivity contribution >= 4 is 50.9 Å². The molecule has 6 nitrogen and oxygen atoms in total. The molecule has 0 spiro atoms. The fourth-order valence-electron chi connectivity index (χ4n) is 1.57. The van der Waals surface area contributed by atoms with Gasteiger partial charge in [-0.25, -0.2) is 9.78 Å². The Hall–Kier alpha value is -1.68. The fourth-order valence-corrected chi connectivity index (χ4v) is 2.83. The van der Waals surface area contributed by atoms with Crippen molar-refractivity contribution < 1.29 is 19.1 Å². The maximum absolute atomic E-state index is 11.8. The number of nitrogens with zero attached hydrogens (tertiary/aromatic N) is 1. The molecule has 1 amide bonds. The predicted molar refractivity (Wildman–Crippen MR) is 91.5 cm³/mol. The summed E-state index contributed by atoms with van der Waals surface area (Å²) in [6, 6.07) is 7.36. The first kappa shape index (κ1) is 16.7. The number of amides is 1. The molecule has 0 saturated heterocycles. The molecule has 0 atom stereocenters. The first-order valence-corrected chi connectivity index (χ1v) is 8.13. The Morgan fingerprint density at radius 1 is 1.32 bits per heavy atom. The number of carbonyl (C=O) groups excluding carboxylic acids is 2. The van der Waals surface area contributed by atoms with Crippen LogP contribution in [0.2, 0.25) is 0 Å². The summed E-state index contributed by atoms with van der Waals surface area (Å²) in [5, 5.41) is 2.94. The number of benzene rings is 1. The van der Waals surface area contributed by atoms with Crippen LogP contribution >= 0.6 is 33.9 Å². The average Bonchev–Trinajstić information content (AvgIpc) is 2.86. The Kier molecular flexibility index (Phi) is 5.72. The quantitative estimate of drug-likeness (QED) is 0.581. The van der Waals surface area contributed by atoms with Gasteiger partial charge in [-0.2, -0.15) is 0 Å². The number of esters is 1. The number of ether oxygens (including phenoxy) is 2. The van der Waals surface area contributed by atoms with Crippen molar-refractivity contribution in [2.24, 2.45) is 0 Å². The second-order valence-electron chi connectivity index (χ2n) is 4.22. The molecule has 0 fully saturated rings. The lowest BCUT2D eigenvalue weighted by atomic mass is 10.3. The van der Waals surface area contributed by atoms with Crippen LogP contribution in [0, 0.1) is 10.5 Å². The minimum atomic E-state index is -0.467. The number of rotatable bonds is 5. The van der Waals surface area contributed by atoms with E-state index in [1.807, 2.05) is 12.1 Å². The number of aryl methyl sites for hydroxylation is 1. The molecule has 0 radical (unpaired) electrons. The smallest absolute Gasteiger partial charge is 0.350 e. The van der Waals surface area contributed by atoms with Gasteiger partial charge >= 0.3 is 5.97 Å². The van der Waals surface area contributed by atoms with Crippen LogP contribution in [0.3, 0.4) is 0 Å². The molecule has 22 heavy (non-hydrogen) atoms. The SMILES string of the molecule is COC(=O)c1sc(NC(=O)COc2ccc(I)cc2)nc1C. The maximum atomic E-state index is 11.8. The Labute approximate surface area is 145 Å². The van der Waals surface area contributed by atoms with Gasteiger partial charge < -0.3 is 9.47 Å². The number of anilines is 1. The van der Waals surface area contributed by atoms with Gasteiger partial charge in [-0.3, -0.25) is 10.1 Å². The molecule has 1 N–H and O–H groups in total. The van der Waals surface area contributed by atoms with Crippen molar-refractivity contribution in [3.63, 3.8) is 0 Å². The molecule has 0 saturated carbocycles. The Morgan fingerprint density at radius 3 is 2.64 bits per heavy atom. The highest BCUT2D eigenvalue weighted by Crippen LogP contribution is 2.23. The van der Waals surface area contributed by atoms with E-state index < -0.39 is 5.97 Å². The highest BCUT2D eigenvalue weighted by Gasteiger charge is 2.17. The number of hydrogen-bond donors (Lipinski definition) is 1. The van der Waals surface area contributed by atoms with E-state index in [9.17, 15) is 9.59 Å². The van der Waals surface area contributed by atoms with Crippen molar-refractivity contribution in [3.05, 3.63) is 38.4 Å². The molecule has 0 unspecified atom stereocenters. The highest BCUT2D eigenvalue weighted by molar-refractivity contribution is 14.1. The van der Waals surface area contributed by atoms with Crippen LogP contribution in [-0.4, -0.2) is 30.6 Å². The van der Waals surface area contributed by atoms with Gasteiger partial charge in [0.2, 0.25) is 0 Å². The third-order valence-corrected chi connectivity index (χ3v) is 4.37. The second kappa shape index (κ2) is 7.54. The van der Waals surface area contributed by atoms with E-state index in [0.717, 1.165) is 14.9 Å². The van der Waals surface area contributed by atoms with Gasteiger partial charge in [0.1, 0.15) is 10.6 Å². The molecular formula is C14H13IN2O4S. The second-order valence-corrected chi connectivity index (χ2v) is 6.46. The molecule has 1 aromatic carbocycles. The van der Waals surface area contributed by atoms with Gasteiger partial charge in [0.05, 0.1) is 12.8 Å². The number of halogens is 1. The minimum absolute atomic E-state index is 0.132. The van der Waals surface area contributed by atoms with Gasteiger partial charge in [-0.05, 0) is 53.8 Å². The maximum Gasteiger partial charge on any atom is 0.350 e. The fraction of sp³-hybridized carbons (Fsp3) is 0.214. The summed E-state index contributed by atoms with van der Waals surface area (Å²) in [6.07, 6.45) is 0. The average molecular weight is 432 g/mol. The summed E-state index contributed by atoms with van der Waals surface area (Å²) < 4.78 is 11.1. The lowest BCUT2D eigenvalue weighted by molar-refractivity contribution is -0.118. The third kappa shape index (κ3) is 4.41. The van der Waals surface area contributed by atoms with E-state index in [4.69, 9.17) is 4.74 Å². The van der Waals surface area contributed by atoms with E-state index in [1.54, 1.807) is 19.1 Å². The van der Waals surface area contributed by atoms with Gasteiger partial charge in [-0.15, -0.1) is 0 Å². The van der Waals surface area contributed by atoms with Gasteiger partial charge in [0, 0.05) is 3.57 Å². The lowest BCUT2D eigenvalue weighted by Crippen LogP contribution is -2.20. The van der Waals surface area contributed by atoms with E-state index in [0.29, 0.717) is 21.5 Å². The Morgan fingerprint density at radius 2 is 2.00 bits per heavy atom. The third-order valence-electron chi connectivity index (χ3n) is 2.60. The molecule has 8 heteroatoms. The van der Waals surface area contributed by atoms with Crippen molar-refractivity contribution in [2.45, 2.75) is 6.92 Å². The molecular weight excluding hydrogens is 419 g/mol. The van der Waals surface area contributed by atoms with Crippen LogP contribution in [0.25, 0.3) is 0 Å². The van der Waals surface area contributed by atoms with Crippen LogP contribution in [0.15, 0.2) is 24.3 Å². The van der Waals surface area contributed by atoms with Gasteiger partial charge in [0.15, 0.2) is 11.7 Å². The number of methoxy groups -OCH3 is 1. The predicted octanol–water partition coefficient (Wildman–Crippen LogP) is 2.86. The first-order valence-electron chi connectivity index (χ1n) is 6.23. The van der Waals surface area contributed by atoms with Crippen molar-refractivity contribution in [3.8, 4) is 5.75 Å². The zero-order chi connectivity index (χ0) is 16.1. The Balaban J connectivity index is 1.92. The summed E-state index contributed by atoms with van der Waals surface area (Å²) in [6.45, 7) is 1.55. The van der Waals surface area contributed by atoms with Gasteiger partial charge in [-0.1, -0.05) is 11.3 Å². The van der Waals surface area contributed by atoms with Crippen molar-refractivity contribution in [1.82, 2.24) is 4.98 Å². The standard InChI is InChI=1S/C14H13IN2O4S/c1-8-12(13(19)20-2)22-14(16-8)17-11(18)7-21-10-5-3-9(15)4-6-10/h3-6H,7H2,1-2H3,(H,16,17,18). The summed E-state index contributed by atoms with van der Waals surface area (Å²) in [5.74, 6) is -0.199. The minimum Gasteiger partial charge on any atom is -0.484 e. The number of nitrogens with one attached hydrogen (secondary N) is 1. The molecule has 0 bridgehead atoms. The van der Waals surface area contributed by atoms with Crippen LogP contribution in [0.4, 0.5) is 5.13 Å². The number of carbonyl (C=O) groups is 2. The summed E-state index contributed by atoms with van der Waals surface area (Å²) >= 11 is 3.26. The van der Waals surface area contributed by atoms with E-state index in [-0.39, 0.29) is 12.5 Å². The van der Waals surface area contributed by atoms with Crippen molar-refractivity contribution in [1.29, 1.82) is 0 Å². The molecule has 116 valence electrons. The largest absolute Gasteiger partial charge is 0.484 e. The lowest BCUT2D eigenvalue weighted by Gasteiger charge is -2.05. The topological polar surface area (TPSA) is 77.5 Å². The number of aromatic nitrogens is 1. The number of hydrogen-bond acceptors (Lipinski definition) is 6. The zero-order valence-corrected chi connectivity index (χ0v) is 14.9. The molecule has 0 aliphatic carbocycles. The van der Waals surface area contributed by atoms with Crippen LogP contribution in [0.5, 0.6) is 5.75 Å². The highest BCUT2D eigenvalue weighted by atomic mass is 127. The van der Waals surface area contributed by atoms with Crippen LogP contribution < -0.4 is 10.1 Å². The summed E-state index contributed by atoms with van der Waals surface area (Å²) in [7, 11) is 1.30. The Bertz CT molecular complexity index is 685. The summed E-state index contributed by atoms with van der Waals surface area (Å²) in [4.78, 5) is 27.8. The van der Waals surface area contributed by atoms with E-state index in [2.05, 4.69) is 37.6 Å². The normalized spacial score (nSPS) is 10.1. The number of thiazole rings is 1. The summed E-state index contributed by atoms with van der Waals surface area (Å²) in [5.41, 5.74) is 0.519. The van der Waals surface area contributed by atoms with Crippen LogP contribution in [0.1, 0.15) is 15.4 Å². The van der Waals surface area contributed by atoms with E-state index >= 15 is 0 Å². The zero-order valence-electron chi connectivity index (χ0n) is 11.9. The van der Waals surface area contributed by atoms with Gasteiger partial charge in [0.25, 0.3) is 5.91 Å².